The van der Waals surface area contributed by atoms with Gasteiger partial charge in [0, 0.05) is 18.2 Å². The molecule has 1 aromatic heterocycles. The molecule has 3 rings (SSSR count). The zero-order valence-electron chi connectivity index (χ0n) is 17.3. The van der Waals surface area contributed by atoms with Crippen LogP contribution in [-0.4, -0.2) is 13.1 Å². The van der Waals surface area contributed by atoms with Gasteiger partial charge in [-0.15, -0.1) is 0 Å². The summed E-state index contributed by atoms with van der Waals surface area (Å²) < 4.78 is 4.10. The molecule has 0 saturated carbocycles. The van der Waals surface area contributed by atoms with E-state index < -0.39 is 0 Å². The van der Waals surface area contributed by atoms with Crippen molar-refractivity contribution in [3.63, 3.8) is 0 Å². The van der Waals surface area contributed by atoms with Crippen LogP contribution in [0.25, 0.3) is 10.4 Å². The van der Waals surface area contributed by atoms with Gasteiger partial charge in [-0.1, -0.05) is 76.3 Å². The molecule has 1 nitrogen and oxygen atoms in total. The largest absolute Gasteiger partial charge is 0.314 e. The summed E-state index contributed by atoms with van der Waals surface area (Å²) in [5, 5.41) is 2.41. The molecule has 0 bridgehead atoms. The first-order valence-corrected chi connectivity index (χ1v) is 11.9. The van der Waals surface area contributed by atoms with Crippen LogP contribution in [0.1, 0.15) is 95.2 Å². The highest BCUT2D eigenvalue weighted by Gasteiger charge is 2.21. The number of piperidine rings is 1. The standard InChI is InChI=1S/C23H34NS2/c1-15(2)18-12-19(16(3)4)22(20(13-18)17(5)6)21-14-25-23(26-21)24-10-8-7-9-11-24/h12-17H,7-11H2,1-6H3/q+1. The van der Waals surface area contributed by atoms with Gasteiger partial charge >= 0.3 is 3.98 Å². The molecule has 2 aromatic rings. The second kappa shape index (κ2) is 8.39. The third kappa shape index (κ3) is 4.14. The van der Waals surface area contributed by atoms with Crippen molar-refractivity contribution in [3.8, 4) is 10.4 Å². The van der Waals surface area contributed by atoms with Crippen LogP contribution in [0.2, 0.25) is 0 Å². The average molecular weight is 389 g/mol. The lowest BCUT2D eigenvalue weighted by molar-refractivity contribution is 0.459. The average Bonchev–Trinajstić information content (AvgIpc) is 3.10. The van der Waals surface area contributed by atoms with Gasteiger partial charge < -0.3 is 0 Å². The van der Waals surface area contributed by atoms with E-state index in [1.54, 1.807) is 0 Å². The molecular weight excluding hydrogens is 354 g/mol. The van der Waals surface area contributed by atoms with Gasteiger partial charge in [0.05, 0.1) is 4.88 Å². The minimum Gasteiger partial charge on any atom is -0.212 e. The van der Waals surface area contributed by atoms with Crippen LogP contribution in [0.5, 0.6) is 0 Å². The second-order valence-electron chi connectivity index (χ2n) is 8.55. The van der Waals surface area contributed by atoms with Crippen LogP contribution < -0.4 is 8.56 Å². The maximum Gasteiger partial charge on any atom is 0.314 e. The third-order valence-corrected chi connectivity index (χ3v) is 7.93. The van der Waals surface area contributed by atoms with Gasteiger partial charge in [0.25, 0.3) is 0 Å². The molecule has 1 fully saturated rings. The number of nitrogens with zero attached hydrogens (tertiary/aromatic N) is 1. The van der Waals surface area contributed by atoms with E-state index in [4.69, 9.17) is 0 Å². The predicted octanol–water partition coefficient (Wildman–Crippen LogP) is 6.80. The van der Waals surface area contributed by atoms with Crippen molar-refractivity contribution in [1.29, 1.82) is 0 Å². The Balaban J connectivity index is 2.19. The summed E-state index contributed by atoms with van der Waals surface area (Å²) in [6.07, 6.45) is 4.08. The van der Waals surface area contributed by atoms with Crippen LogP contribution >= 0.6 is 22.7 Å². The first-order valence-electron chi connectivity index (χ1n) is 10.2. The van der Waals surface area contributed by atoms with Gasteiger partial charge in [-0.2, -0.15) is 0 Å². The molecule has 26 heavy (non-hydrogen) atoms. The number of hydrogen-bond donors (Lipinski definition) is 0. The van der Waals surface area contributed by atoms with E-state index in [-0.39, 0.29) is 0 Å². The Hall–Kier alpha value is -0.930. The molecule has 1 saturated heterocycles. The molecule has 0 N–H and O–H groups in total. The summed E-state index contributed by atoms with van der Waals surface area (Å²) in [5.41, 5.74) is 6.06. The zero-order chi connectivity index (χ0) is 18.8. The van der Waals surface area contributed by atoms with Gasteiger partial charge in [0.15, 0.2) is 0 Å². The highest BCUT2D eigenvalue weighted by Crippen LogP contribution is 2.40. The fourth-order valence-corrected chi connectivity index (χ4v) is 6.25. The summed E-state index contributed by atoms with van der Waals surface area (Å²) in [6.45, 7) is 16.5. The van der Waals surface area contributed by atoms with Crippen molar-refractivity contribution in [2.75, 3.05) is 13.1 Å². The third-order valence-electron chi connectivity index (χ3n) is 5.46. The zero-order valence-corrected chi connectivity index (χ0v) is 18.9. The fourth-order valence-electron chi connectivity index (χ4n) is 3.81. The van der Waals surface area contributed by atoms with Crippen LogP contribution in [-0.2, 0) is 0 Å². The van der Waals surface area contributed by atoms with E-state index in [0.29, 0.717) is 17.8 Å². The predicted molar refractivity (Wildman–Crippen MR) is 119 cm³/mol. The van der Waals surface area contributed by atoms with E-state index in [2.05, 4.69) is 63.6 Å². The quantitative estimate of drug-likeness (QED) is 0.506. The van der Waals surface area contributed by atoms with Gasteiger partial charge in [-0.05, 0) is 46.4 Å². The minimum absolute atomic E-state index is 0.548. The monoisotopic (exact) mass is 388 g/mol. The lowest BCUT2D eigenvalue weighted by Crippen LogP contribution is -2.31. The molecule has 142 valence electrons. The smallest absolute Gasteiger partial charge is 0.212 e. The number of benzene rings is 1. The summed E-state index contributed by atoms with van der Waals surface area (Å²) in [4.78, 5) is 1.47. The normalized spacial score (nSPS) is 15.5. The van der Waals surface area contributed by atoms with E-state index in [9.17, 15) is 0 Å². The Labute approximate surface area is 167 Å². The van der Waals surface area contributed by atoms with Gasteiger partial charge in [0.2, 0.25) is 0 Å². The van der Waals surface area contributed by atoms with E-state index in [0.717, 1.165) is 0 Å². The first-order chi connectivity index (χ1) is 12.4. The van der Waals surface area contributed by atoms with Crippen LogP contribution in [0.15, 0.2) is 17.5 Å². The van der Waals surface area contributed by atoms with Gasteiger partial charge in [0.1, 0.15) is 13.1 Å². The highest BCUT2D eigenvalue weighted by atomic mass is 32.2. The molecule has 1 aliphatic rings. The number of rotatable bonds is 4. The Bertz CT molecular complexity index is 784. The maximum absolute atomic E-state index is 2.61. The van der Waals surface area contributed by atoms with E-state index >= 15 is 0 Å². The van der Waals surface area contributed by atoms with E-state index in [1.165, 1.54) is 63.5 Å². The minimum atomic E-state index is 0.548. The number of hydrogen-bond acceptors (Lipinski definition) is 2. The molecule has 0 amide bonds. The van der Waals surface area contributed by atoms with Crippen molar-refractivity contribution < 1.29 is 0 Å². The lowest BCUT2D eigenvalue weighted by atomic mass is 9.84. The first kappa shape index (κ1) is 19.8. The SMILES string of the molecule is CC(C)c1cc(C(C)C)c(-c2csc(=[N+]3CCCCC3)s2)c(C(C)C)c1. The molecule has 0 radical (unpaired) electrons. The second-order valence-corrected chi connectivity index (χ2v) is 10.7. The molecule has 0 unspecified atom stereocenters. The van der Waals surface area contributed by atoms with Crippen molar-refractivity contribution in [2.24, 2.45) is 0 Å². The molecule has 0 spiro atoms. The van der Waals surface area contributed by atoms with Gasteiger partial charge in [-0.3, -0.25) is 0 Å². The lowest BCUT2D eigenvalue weighted by Gasteiger charge is -2.22. The molecule has 0 aliphatic carbocycles. The van der Waals surface area contributed by atoms with Crippen molar-refractivity contribution in [2.45, 2.75) is 78.6 Å². The van der Waals surface area contributed by atoms with Gasteiger partial charge in [-0.25, -0.2) is 4.58 Å². The van der Waals surface area contributed by atoms with Crippen LogP contribution in [0.4, 0.5) is 0 Å². The van der Waals surface area contributed by atoms with Crippen molar-refractivity contribution in [3.05, 3.63) is 38.2 Å². The highest BCUT2D eigenvalue weighted by molar-refractivity contribution is 7.28. The molecule has 1 aliphatic heterocycles. The topological polar surface area (TPSA) is 3.01 Å². The molecule has 2 heterocycles. The summed E-state index contributed by atoms with van der Waals surface area (Å²) in [6, 6.07) is 4.95. The summed E-state index contributed by atoms with van der Waals surface area (Å²) >= 11 is 3.96. The summed E-state index contributed by atoms with van der Waals surface area (Å²) in [7, 11) is 0. The Morgan fingerprint density at radius 2 is 1.38 bits per heavy atom. The van der Waals surface area contributed by atoms with Crippen LogP contribution in [0.3, 0.4) is 0 Å². The van der Waals surface area contributed by atoms with E-state index in [1.807, 2.05) is 22.7 Å². The molecule has 1 aromatic carbocycles. The Morgan fingerprint density at radius 1 is 0.808 bits per heavy atom. The fraction of sp³-hybridized carbons (Fsp3) is 0.609. The van der Waals surface area contributed by atoms with Crippen LogP contribution in [0, 0.1) is 0 Å². The molecule has 3 heteroatoms. The summed E-state index contributed by atoms with van der Waals surface area (Å²) in [5.74, 6) is 1.67. The maximum atomic E-state index is 2.61. The molecule has 0 atom stereocenters. The Morgan fingerprint density at radius 3 is 1.88 bits per heavy atom. The molecular formula is C23H34NS2+. The van der Waals surface area contributed by atoms with Crippen molar-refractivity contribution in [1.82, 2.24) is 4.58 Å². The van der Waals surface area contributed by atoms with Crippen molar-refractivity contribution >= 4 is 22.7 Å². The Kier molecular flexibility index (Phi) is 6.40.